The largest absolute Gasteiger partial charge is 0.480 e. The van der Waals surface area contributed by atoms with Crippen molar-refractivity contribution >= 4 is 11.9 Å². The normalized spacial score (nSPS) is 25.2. The van der Waals surface area contributed by atoms with E-state index in [4.69, 9.17) is 0 Å². The lowest BCUT2D eigenvalue weighted by Crippen LogP contribution is -2.53. The van der Waals surface area contributed by atoms with Gasteiger partial charge in [-0.15, -0.1) is 0 Å². The third-order valence-electron chi connectivity index (χ3n) is 3.80. The molecule has 18 heavy (non-hydrogen) atoms. The number of carbonyl (C=O) groups excluding carboxylic acids is 1. The van der Waals surface area contributed by atoms with E-state index in [2.05, 4.69) is 0 Å². The summed E-state index contributed by atoms with van der Waals surface area (Å²) >= 11 is 0. The fourth-order valence-electron chi connectivity index (χ4n) is 2.42. The lowest BCUT2D eigenvalue weighted by molar-refractivity contribution is -0.148. The van der Waals surface area contributed by atoms with E-state index >= 15 is 0 Å². The van der Waals surface area contributed by atoms with Crippen LogP contribution in [-0.2, 0) is 9.59 Å². The molecule has 0 spiro atoms. The number of hydrogen-bond donors (Lipinski definition) is 1. The predicted molar refractivity (Wildman–Crippen MR) is 69.3 cm³/mol. The number of nitrogens with zero attached hydrogens (tertiary/aromatic N) is 2. The minimum atomic E-state index is -0.817. The summed E-state index contributed by atoms with van der Waals surface area (Å²) in [7, 11) is 1.76. The number of carboxylic acids is 1. The summed E-state index contributed by atoms with van der Waals surface area (Å²) in [6.07, 6.45) is 1.88. The minimum absolute atomic E-state index is 0.00894. The first kappa shape index (κ1) is 15.0. The van der Waals surface area contributed by atoms with Crippen molar-refractivity contribution in [3.05, 3.63) is 0 Å². The van der Waals surface area contributed by atoms with E-state index in [1.54, 1.807) is 16.8 Å². The van der Waals surface area contributed by atoms with Crippen molar-refractivity contribution in [3.63, 3.8) is 0 Å². The molecule has 2 unspecified atom stereocenters. The first-order valence-electron chi connectivity index (χ1n) is 6.57. The second-order valence-corrected chi connectivity index (χ2v) is 5.47. The molecule has 2 atom stereocenters. The molecule has 0 aromatic heterocycles. The molecule has 0 aromatic carbocycles. The number of amides is 1. The third-order valence-corrected chi connectivity index (χ3v) is 3.80. The van der Waals surface area contributed by atoms with Crippen molar-refractivity contribution in [3.8, 4) is 0 Å². The smallest absolute Gasteiger partial charge is 0.321 e. The fourth-order valence-corrected chi connectivity index (χ4v) is 2.42. The van der Waals surface area contributed by atoms with Crippen LogP contribution in [0.2, 0.25) is 0 Å². The summed E-state index contributed by atoms with van der Waals surface area (Å²) < 4.78 is 0. The highest BCUT2D eigenvalue weighted by atomic mass is 16.4. The van der Waals surface area contributed by atoms with Gasteiger partial charge in [-0.2, -0.15) is 0 Å². The van der Waals surface area contributed by atoms with Gasteiger partial charge in [-0.05, 0) is 39.2 Å². The zero-order chi connectivity index (χ0) is 13.9. The number of hydrogen-bond acceptors (Lipinski definition) is 3. The van der Waals surface area contributed by atoms with Crippen LogP contribution in [0.3, 0.4) is 0 Å². The Kier molecular flexibility index (Phi) is 5.14. The molecule has 1 heterocycles. The number of rotatable bonds is 4. The zero-order valence-electron chi connectivity index (χ0n) is 11.7. The lowest BCUT2D eigenvalue weighted by Gasteiger charge is -2.37. The summed E-state index contributed by atoms with van der Waals surface area (Å²) in [6, 6.07) is -0.383. The Hall–Kier alpha value is -1.10. The number of piperidine rings is 1. The summed E-state index contributed by atoms with van der Waals surface area (Å²) in [6.45, 7) is 6.74. The molecule has 1 aliphatic rings. The Balaban J connectivity index is 2.69. The van der Waals surface area contributed by atoms with Gasteiger partial charge in [-0.1, -0.05) is 6.92 Å². The van der Waals surface area contributed by atoms with Crippen LogP contribution in [0.5, 0.6) is 0 Å². The van der Waals surface area contributed by atoms with Crippen LogP contribution in [0.15, 0.2) is 0 Å². The van der Waals surface area contributed by atoms with Crippen molar-refractivity contribution in [1.29, 1.82) is 0 Å². The standard InChI is InChI=1S/C13H24N2O3/c1-9(2)14(4)11(16)8-15-7-5-6-10(3)12(15)13(17)18/h9-10,12H,5-8H2,1-4H3,(H,17,18). The molecule has 104 valence electrons. The molecular formula is C13H24N2O3. The third kappa shape index (κ3) is 3.45. The second kappa shape index (κ2) is 6.18. The number of aliphatic carboxylic acids is 1. The monoisotopic (exact) mass is 256 g/mol. The highest BCUT2D eigenvalue weighted by Crippen LogP contribution is 2.23. The first-order valence-corrected chi connectivity index (χ1v) is 6.57. The molecule has 0 aromatic rings. The van der Waals surface area contributed by atoms with E-state index in [0.717, 1.165) is 12.8 Å². The van der Waals surface area contributed by atoms with Crippen molar-refractivity contribution in [2.75, 3.05) is 20.1 Å². The Morgan fingerprint density at radius 3 is 2.56 bits per heavy atom. The molecular weight excluding hydrogens is 232 g/mol. The average Bonchev–Trinajstić information content (AvgIpc) is 2.27. The fraction of sp³-hybridized carbons (Fsp3) is 0.846. The second-order valence-electron chi connectivity index (χ2n) is 5.47. The van der Waals surface area contributed by atoms with Gasteiger partial charge in [-0.3, -0.25) is 14.5 Å². The lowest BCUT2D eigenvalue weighted by atomic mass is 9.91. The number of carbonyl (C=O) groups is 2. The van der Waals surface area contributed by atoms with Crippen LogP contribution in [-0.4, -0.2) is 59.0 Å². The molecule has 0 saturated carbocycles. The zero-order valence-corrected chi connectivity index (χ0v) is 11.7. The van der Waals surface area contributed by atoms with Gasteiger partial charge in [0.2, 0.25) is 5.91 Å². The molecule has 1 N–H and O–H groups in total. The first-order chi connectivity index (χ1) is 8.34. The van der Waals surface area contributed by atoms with Gasteiger partial charge < -0.3 is 10.0 Å². The van der Waals surface area contributed by atoms with Gasteiger partial charge in [0.1, 0.15) is 6.04 Å². The van der Waals surface area contributed by atoms with E-state index in [9.17, 15) is 14.7 Å². The van der Waals surface area contributed by atoms with Crippen LogP contribution in [0.4, 0.5) is 0 Å². The van der Waals surface area contributed by atoms with Gasteiger partial charge >= 0.3 is 5.97 Å². The van der Waals surface area contributed by atoms with Crippen molar-refractivity contribution in [2.45, 2.75) is 45.7 Å². The van der Waals surface area contributed by atoms with Crippen LogP contribution < -0.4 is 0 Å². The van der Waals surface area contributed by atoms with Crippen molar-refractivity contribution < 1.29 is 14.7 Å². The molecule has 1 rings (SSSR count). The SMILES string of the molecule is CC1CCCN(CC(=O)N(C)C(C)C)C1C(=O)O. The van der Waals surface area contributed by atoms with Gasteiger partial charge in [0.05, 0.1) is 6.54 Å². The quantitative estimate of drug-likeness (QED) is 0.816. The maximum atomic E-state index is 12.0. The minimum Gasteiger partial charge on any atom is -0.480 e. The summed E-state index contributed by atoms with van der Waals surface area (Å²) in [5.41, 5.74) is 0. The molecule has 0 bridgehead atoms. The molecule has 5 heteroatoms. The molecule has 1 aliphatic heterocycles. The van der Waals surface area contributed by atoms with E-state index < -0.39 is 12.0 Å². The summed E-state index contributed by atoms with van der Waals surface area (Å²) in [5, 5.41) is 9.27. The van der Waals surface area contributed by atoms with Crippen LogP contribution in [0, 0.1) is 5.92 Å². The molecule has 1 amide bonds. The van der Waals surface area contributed by atoms with Gasteiger partial charge in [0.15, 0.2) is 0 Å². The number of likely N-dealkylation sites (tertiary alicyclic amines) is 1. The van der Waals surface area contributed by atoms with E-state index in [1.807, 2.05) is 20.8 Å². The van der Waals surface area contributed by atoms with Gasteiger partial charge in [0, 0.05) is 13.1 Å². The van der Waals surface area contributed by atoms with E-state index in [-0.39, 0.29) is 24.4 Å². The Morgan fingerprint density at radius 1 is 1.44 bits per heavy atom. The number of likely N-dealkylation sites (N-methyl/N-ethyl adjacent to an activating group) is 1. The predicted octanol–water partition coefficient (Wildman–Crippen LogP) is 1.04. The summed E-state index contributed by atoms with van der Waals surface area (Å²) in [5.74, 6) is -0.721. The van der Waals surface area contributed by atoms with E-state index in [1.165, 1.54) is 0 Å². The molecule has 0 aliphatic carbocycles. The maximum absolute atomic E-state index is 12.0. The Labute approximate surface area is 109 Å². The maximum Gasteiger partial charge on any atom is 0.321 e. The van der Waals surface area contributed by atoms with Crippen molar-refractivity contribution in [1.82, 2.24) is 9.80 Å². The average molecular weight is 256 g/mol. The molecule has 1 fully saturated rings. The molecule has 5 nitrogen and oxygen atoms in total. The highest BCUT2D eigenvalue weighted by Gasteiger charge is 2.35. The van der Waals surface area contributed by atoms with Crippen LogP contribution >= 0.6 is 0 Å². The molecule has 0 radical (unpaired) electrons. The Bertz CT molecular complexity index is 317. The van der Waals surface area contributed by atoms with Gasteiger partial charge in [-0.25, -0.2) is 0 Å². The van der Waals surface area contributed by atoms with Gasteiger partial charge in [0.25, 0.3) is 0 Å². The highest BCUT2D eigenvalue weighted by molar-refractivity contribution is 5.80. The molecule has 1 saturated heterocycles. The van der Waals surface area contributed by atoms with Crippen LogP contribution in [0.1, 0.15) is 33.6 Å². The van der Waals surface area contributed by atoms with Crippen LogP contribution in [0.25, 0.3) is 0 Å². The topological polar surface area (TPSA) is 60.9 Å². The number of carboxylic acid groups (broad SMARTS) is 1. The van der Waals surface area contributed by atoms with E-state index in [0.29, 0.717) is 6.54 Å². The Morgan fingerprint density at radius 2 is 2.06 bits per heavy atom. The summed E-state index contributed by atoms with van der Waals surface area (Å²) in [4.78, 5) is 26.8. The van der Waals surface area contributed by atoms with Crippen molar-refractivity contribution in [2.24, 2.45) is 5.92 Å².